The van der Waals surface area contributed by atoms with E-state index >= 15 is 0 Å². The van der Waals surface area contributed by atoms with Crippen molar-refractivity contribution in [2.24, 2.45) is 0 Å². The highest BCUT2D eigenvalue weighted by molar-refractivity contribution is 7.21. The molecule has 1 fully saturated rings. The van der Waals surface area contributed by atoms with Crippen molar-refractivity contribution in [2.75, 3.05) is 45.7 Å². The number of thiophene rings is 1. The number of fused-ring (bicyclic) bond motifs is 1. The van der Waals surface area contributed by atoms with E-state index in [1.54, 1.807) is 30.3 Å². The lowest BCUT2D eigenvalue weighted by molar-refractivity contribution is -0.0222. The number of hydrogen-bond donors (Lipinski definition) is 2. The highest BCUT2D eigenvalue weighted by Gasteiger charge is 2.32. The highest BCUT2D eigenvalue weighted by atomic mass is 32.1. The second kappa shape index (κ2) is 9.42. The summed E-state index contributed by atoms with van der Waals surface area (Å²) in [7, 11) is 1.59. The number of amides is 2. The lowest BCUT2D eigenvalue weighted by atomic mass is 10.0. The summed E-state index contributed by atoms with van der Waals surface area (Å²) in [5.41, 5.74) is 7.09. The van der Waals surface area contributed by atoms with Crippen molar-refractivity contribution in [3.63, 3.8) is 0 Å². The van der Waals surface area contributed by atoms with Gasteiger partial charge in [-0.15, -0.1) is 11.3 Å². The topological polar surface area (TPSA) is 107 Å². The summed E-state index contributed by atoms with van der Waals surface area (Å²) in [6, 6.07) is 11.2. The van der Waals surface area contributed by atoms with Gasteiger partial charge in [0.15, 0.2) is 0 Å². The van der Waals surface area contributed by atoms with Gasteiger partial charge in [0.25, 0.3) is 11.8 Å². The first-order valence-electron chi connectivity index (χ1n) is 10.00. The van der Waals surface area contributed by atoms with Crippen molar-refractivity contribution >= 4 is 39.1 Å². The third kappa shape index (κ3) is 4.39. The van der Waals surface area contributed by atoms with Gasteiger partial charge >= 0.3 is 0 Å². The number of aromatic nitrogens is 1. The maximum Gasteiger partial charge on any atom is 0.261 e. The van der Waals surface area contributed by atoms with Gasteiger partial charge in [-0.25, -0.2) is 4.98 Å². The first-order chi connectivity index (χ1) is 15.1. The summed E-state index contributed by atoms with van der Waals surface area (Å²) in [4.78, 5) is 32.3. The third-order valence-corrected chi connectivity index (χ3v) is 6.36. The van der Waals surface area contributed by atoms with Crippen molar-refractivity contribution < 1.29 is 19.1 Å². The smallest absolute Gasteiger partial charge is 0.261 e. The van der Waals surface area contributed by atoms with Gasteiger partial charge in [0, 0.05) is 36.7 Å². The molecule has 3 heterocycles. The Balaban J connectivity index is 1.64. The van der Waals surface area contributed by atoms with Crippen LogP contribution in [0, 0.1) is 0 Å². The number of morpholine rings is 1. The molecular weight excluding hydrogens is 416 g/mol. The van der Waals surface area contributed by atoms with Crippen LogP contribution < -0.4 is 11.1 Å². The van der Waals surface area contributed by atoms with Gasteiger partial charge in [-0.1, -0.05) is 18.2 Å². The average molecular weight is 441 g/mol. The highest BCUT2D eigenvalue weighted by Crippen LogP contribution is 2.38. The molecule has 1 saturated heterocycles. The van der Waals surface area contributed by atoms with Crippen LogP contribution in [0.5, 0.6) is 0 Å². The minimum Gasteiger partial charge on any atom is -0.383 e. The van der Waals surface area contributed by atoms with Gasteiger partial charge in [-0.05, 0) is 23.6 Å². The number of anilines is 1. The standard InChI is InChI=1S/C22H24N4O4S/c1-29-11-9-25-21(27)19-18(14-5-2-3-7-17(14)31-19)16-13-26(10-12-30-16)22(28)15-6-4-8-24-20(15)23/h2-8,16H,9-13H2,1H3,(H2,23,24)(H,25,27)/t16-/m1/s1. The van der Waals surface area contributed by atoms with Crippen LogP contribution in [0.4, 0.5) is 5.82 Å². The van der Waals surface area contributed by atoms with Crippen LogP contribution in [0.15, 0.2) is 42.6 Å². The minimum absolute atomic E-state index is 0.170. The molecule has 1 aliphatic heterocycles. The Morgan fingerprint density at radius 3 is 2.97 bits per heavy atom. The predicted octanol–water partition coefficient (Wildman–Crippen LogP) is 2.47. The number of nitrogens with one attached hydrogen (secondary N) is 1. The van der Waals surface area contributed by atoms with E-state index in [0.717, 1.165) is 15.6 Å². The number of methoxy groups -OCH3 is 1. The lowest BCUT2D eigenvalue weighted by Crippen LogP contribution is -2.43. The quantitative estimate of drug-likeness (QED) is 0.571. The number of rotatable bonds is 6. The third-order valence-electron chi connectivity index (χ3n) is 5.18. The normalized spacial score (nSPS) is 16.4. The molecule has 0 unspecified atom stereocenters. The molecule has 4 rings (SSSR count). The monoisotopic (exact) mass is 440 g/mol. The summed E-state index contributed by atoms with van der Waals surface area (Å²) >= 11 is 1.43. The van der Waals surface area contributed by atoms with E-state index in [2.05, 4.69) is 10.3 Å². The Morgan fingerprint density at radius 2 is 2.16 bits per heavy atom. The molecule has 3 N–H and O–H groups in total. The molecule has 9 heteroatoms. The van der Waals surface area contributed by atoms with Gasteiger partial charge in [-0.3, -0.25) is 9.59 Å². The SMILES string of the molecule is COCCNC(=O)c1sc2ccccc2c1[C@H]1CN(C(=O)c2cccnc2N)CCO1. The van der Waals surface area contributed by atoms with E-state index < -0.39 is 6.10 Å². The Bertz CT molecular complexity index is 1100. The number of benzene rings is 1. The van der Waals surface area contributed by atoms with E-state index in [9.17, 15) is 9.59 Å². The van der Waals surface area contributed by atoms with E-state index in [1.807, 2.05) is 24.3 Å². The second-order valence-electron chi connectivity index (χ2n) is 7.14. The van der Waals surface area contributed by atoms with E-state index in [4.69, 9.17) is 15.2 Å². The Kier molecular flexibility index (Phi) is 6.45. The van der Waals surface area contributed by atoms with Crippen molar-refractivity contribution in [2.45, 2.75) is 6.10 Å². The minimum atomic E-state index is -0.421. The van der Waals surface area contributed by atoms with Crippen LogP contribution in [-0.4, -0.2) is 61.7 Å². The van der Waals surface area contributed by atoms with Crippen LogP contribution in [0.3, 0.4) is 0 Å². The van der Waals surface area contributed by atoms with Crippen LogP contribution in [0.1, 0.15) is 31.7 Å². The number of nitrogen functional groups attached to an aromatic ring is 1. The molecule has 1 atom stereocenters. The Hall–Kier alpha value is -3.01. The zero-order chi connectivity index (χ0) is 21.8. The van der Waals surface area contributed by atoms with Crippen LogP contribution >= 0.6 is 11.3 Å². The Morgan fingerprint density at radius 1 is 1.32 bits per heavy atom. The van der Waals surface area contributed by atoms with E-state index in [0.29, 0.717) is 43.3 Å². The second-order valence-corrected chi connectivity index (χ2v) is 8.19. The summed E-state index contributed by atoms with van der Waals surface area (Å²) < 4.78 is 12.1. The fourth-order valence-electron chi connectivity index (χ4n) is 3.68. The number of carbonyl (C=O) groups is 2. The molecule has 0 aliphatic carbocycles. The van der Waals surface area contributed by atoms with Gasteiger partial charge in [0.05, 0.1) is 30.2 Å². The fourth-order valence-corrected chi connectivity index (χ4v) is 4.85. The van der Waals surface area contributed by atoms with E-state index in [1.165, 1.54) is 11.3 Å². The molecule has 0 radical (unpaired) electrons. The van der Waals surface area contributed by atoms with Crippen molar-refractivity contribution in [3.05, 3.63) is 58.6 Å². The van der Waals surface area contributed by atoms with Crippen LogP contribution in [0.25, 0.3) is 10.1 Å². The molecule has 0 saturated carbocycles. The van der Waals surface area contributed by atoms with Crippen molar-refractivity contribution in [1.82, 2.24) is 15.2 Å². The summed E-state index contributed by atoms with van der Waals surface area (Å²) in [6.07, 6.45) is 1.13. The maximum atomic E-state index is 13.1. The summed E-state index contributed by atoms with van der Waals surface area (Å²) in [6.45, 7) is 1.99. The molecule has 8 nitrogen and oxygen atoms in total. The predicted molar refractivity (Wildman–Crippen MR) is 119 cm³/mol. The molecule has 2 amide bonds. The van der Waals surface area contributed by atoms with Crippen LogP contribution in [-0.2, 0) is 9.47 Å². The van der Waals surface area contributed by atoms with Gasteiger partial charge in [0.1, 0.15) is 11.9 Å². The lowest BCUT2D eigenvalue weighted by Gasteiger charge is -2.33. The number of pyridine rings is 1. The molecule has 2 aromatic heterocycles. The maximum absolute atomic E-state index is 13.1. The van der Waals surface area contributed by atoms with Gasteiger partial charge < -0.3 is 25.4 Å². The molecule has 31 heavy (non-hydrogen) atoms. The number of carbonyl (C=O) groups excluding carboxylic acids is 2. The summed E-state index contributed by atoms with van der Waals surface area (Å²) in [5.74, 6) is -0.156. The van der Waals surface area contributed by atoms with E-state index in [-0.39, 0.29) is 17.6 Å². The van der Waals surface area contributed by atoms with Crippen molar-refractivity contribution in [3.8, 4) is 0 Å². The molecule has 1 aromatic carbocycles. The first kappa shape index (κ1) is 21.2. The fraction of sp³-hybridized carbons (Fsp3) is 0.318. The summed E-state index contributed by atoms with van der Waals surface area (Å²) in [5, 5.41) is 3.86. The molecule has 1 aliphatic rings. The largest absolute Gasteiger partial charge is 0.383 e. The Labute approximate surface area is 184 Å². The number of nitrogens with two attached hydrogens (primary N) is 1. The van der Waals surface area contributed by atoms with Gasteiger partial charge in [-0.2, -0.15) is 0 Å². The molecule has 0 spiro atoms. The number of nitrogens with zero attached hydrogens (tertiary/aromatic N) is 2. The molecule has 162 valence electrons. The van der Waals surface area contributed by atoms with Crippen molar-refractivity contribution in [1.29, 1.82) is 0 Å². The first-order valence-corrected chi connectivity index (χ1v) is 10.8. The zero-order valence-electron chi connectivity index (χ0n) is 17.2. The molecule has 3 aromatic rings. The number of hydrogen-bond acceptors (Lipinski definition) is 7. The number of ether oxygens (including phenoxy) is 2. The average Bonchev–Trinajstić information content (AvgIpc) is 3.19. The molecular formula is C22H24N4O4S. The van der Waals surface area contributed by atoms with Crippen LogP contribution in [0.2, 0.25) is 0 Å². The molecule has 0 bridgehead atoms. The zero-order valence-corrected chi connectivity index (χ0v) is 18.0. The van der Waals surface area contributed by atoms with Gasteiger partial charge in [0.2, 0.25) is 0 Å².